The largest absolute Gasteiger partial charge is 0.449 e. The van der Waals surface area contributed by atoms with E-state index in [4.69, 9.17) is 9.15 Å². The zero-order valence-electron chi connectivity index (χ0n) is 15.6. The third kappa shape index (κ3) is 3.82. The number of rotatable bonds is 3. The molecule has 11 heteroatoms. The summed E-state index contributed by atoms with van der Waals surface area (Å²) in [7, 11) is 0. The summed E-state index contributed by atoms with van der Waals surface area (Å²) in [5.74, 6) is -4.55. The summed E-state index contributed by atoms with van der Waals surface area (Å²) >= 11 is 0. The normalized spacial score (nSPS) is 23.3. The molecule has 1 aromatic heterocycles. The predicted molar refractivity (Wildman–Crippen MR) is 94.6 cm³/mol. The Balaban J connectivity index is 1.75. The molecule has 2 atom stereocenters. The van der Waals surface area contributed by atoms with E-state index in [0.717, 1.165) is 23.1 Å². The van der Waals surface area contributed by atoms with Gasteiger partial charge in [0.15, 0.2) is 0 Å². The third-order valence-corrected chi connectivity index (χ3v) is 5.27. The first-order chi connectivity index (χ1) is 14.1. The molecule has 1 N–H and O–H groups in total. The van der Waals surface area contributed by atoms with E-state index in [-0.39, 0.29) is 48.5 Å². The van der Waals surface area contributed by atoms with Crippen LogP contribution in [0.15, 0.2) is 22.6 Å². The lowest BCUT2D eigenvalue weighted by molar-refractivity contribution is -0.158. The fraction of sp³-hybridized carbons (Fsp3) is 0.526. The zero-order chi connectivity index (χ0) is 21.7. The summed E-state index contributed by atoms with van der Waals surface area (Å²) in [6.07, 6.45) is -8.19. The first kappa shape index (κ1) is 20.8. The summed E-state index contributed by atoms with van der Waals surface area (Å²) in [4.78, 5) is 13.4. The molecule has 0 saturated carbocycles. The number of benzene rings is 1. The Hall–Kier alpha value is -2.43. The van der Waals surface area contributed by atoms with Crippen LogP contribution in [0.25, 0.3) is 11.0 Å². The van der Waals surface area contributed by atoms with Gasteiger partial charge in [0.25, 0.3) is 11.8 Å². The Morgan fingerprint density at radius 3 is 2.67 bits per heavy atom. The highest BCUT2D eigenvalue weighted by atomic mass is 19.4. The quantitative estimate of drug-likeness (QED) is 0.735. The molecule has 1 saturated heterocycles. The Morgan fingerprint density at radius 1 is 1.20 bits per heavy atom. The van der Waals surface area contributed by atoms with Crippen molar-refractivity contribution in [3.63, 3.8) is 0 Å². The number of halogens is 6. The number of alkyl halides is 6. The van der Waals surface area contributed by atoms with E-state index in [1.807, 2.05) is 0 Å². The van der Waals surface area contributed by atoms with Gasteiger partial charge in [-0.05, 0) is 18.2 Å². The first-order valence-corrected chi connectivity index (χ1v) is 9.36. The minimum Gasteiger partial charge on any atom is -0.449 e. The van der Waals surface area contributed by atoms with Crippen LogP contribution in [0.4, 0.5) is 32.0 Å². The Bertz CT molecular complexity index is 958. The molecule has 0 spiro atoms. The fourth-order valence-corrected chi connectivity index (χ4v) is 3.79. The molecule has 0 radical (unpaired) electrons. The highest BCUT2D eigenvalue weighted by Gasteiger charge is 2.46. The Morgan fingerprint density at radius 2 is 1.97 bits per heavy atom. The molecule has 2 aliphatic rings. The average Bonchev–Trinajstić information content (AvgIpc) is 2.98. The second-order valence-electron chi connectivity index (χ2n) is 7.41. The molecule has 1 aromatic carbocycles. The lowest BCUT2D eigenvalue weighted by Crippen LogP contribution is -2.49. The molecule has 2 aromatic rings. The predicted octanol–water partition coefficient (Wildman–Crippen LogP) is 4.15. The number of anilines is 1. The number of nitrogens with one attached hydrogen (secondary N) is 1. The number of nitrogens with zero attached hydrogens (tertiary/aromatic N) is 1. The van der Waals surface area contributed by atoms with Crippen molar-refractivity contribution in [2.24, 2.45) is 0 Å². The van der Waals surface area contributed by atoms with Gasteiger partial charge in [-0.1, -0.05) is 0 Å². The molecule has 5 nitrogen and oxygen atoms in total. The van der Waals surface area contributed by atoms with Crippen LogP contribution in [0, 0.1) is 0 Å². The number of furan rings is 1. The summed E-state index contributed by atoms with van der Waals surface area (Å²) in [6.45, 7) is -1.21. The second kappa shape index (κ2) is 7.36. The monoisotopic (exact) mass is 436 g/mol. The van der Waals surface area contributed by atoms with Gasteiger partial charge in [0.1, 0.15) is 17.9 Å². The van der Waals surface area contributed by atoms with Gasteiger partial charge in [-0.3, -0.25) is 4.79 Å². The standard InChI is InChI=1S/C19H18F6N2O3/c20-11-3-6-29-14(8-11)18(21,22)9-27-5-4-26-17(28)16-15(27)12-7-10(19(23,24)25)1-2-13(12)30-16/h1-2,7,11,14H,3-6,8-9H2,(H,26,28). The molecule has 2 unspecified atom stereocenters. The second-order valence-corrected chi connectivity index (χ2v) is 7.41. The van der Waals surface area contributed by atoms with Gasteiger partial charge in [-0.2, -0.15) is 13.2 Å². The maximum Gasteiger partial charge on any atom is 0.416 e. The van der Waals surface area contributed by atoms with Crippen molar-refractivity contribution in [3.05, 3.63) is 29.5 Å². The zero-order valence-corrected chi connectivity index (χ0v) is 15.6. The molecular weight excluding hydrogens is 418 g/mol. The molecule has 3 heterocycles. The van der Waals surface area contributed by atoms with Crippen LogP contribution in [0.3, 0.4) is 0 Å². The summed E-state index contributed by atoms with van der Waals surface area (Å²) < 4.78 is 93.4. The van der Waals surface area contributed by atoms with E-state index in [9.17, 15) is 31.1 Å². The average molecular weight is 436 g/mol. The summed E-state index contributed by atoms with van der Waals surface area (Å²) in [6, 6.07) is 2.61. The summed E-state index contributed by atoms with van der Waals surface area (Å²) in [5.41, 5.74) is -1.17. The number of hydrogen-bond donors (Lipinski definition) is 1. The van der Waals surface area contributed by atoms with Crippen LogP contribution in [0.1, 0.15) is 29.0 Å². The first-order valence-electron chi connectivity index (χ1n) is 9.36. The van der Waals surface area contributed by atoms with E-state index in [2.05, 4.69) is 5.32 Å². The minimum atomic E-state index is -4.66. The highest BCUT2D eigenvalue weighted by Crippen LogP contribution is 2.41. The van der Waals surface area contributed by atoms with Crippen LogP contribution in [0.5, 0.6) is 0 Å². The highest BCUT2D eigenvalue weighted by molar-refractivity contribution is 6.07. The summed E-state index contributed by atoms with van der Waals surface area (Å²) in [5, 5.41) is 2.38. The van der Waals surface area contributed by atoms with Gasteiger partial charge in [-0.15, -0.1) is 0 Å². The van der Waals surface area contributed by atoms with E-state index in [1.165, 1.54) is 0 Å². The van der Waals surface area contributed by atoms with Gasteiger partial charge in [-0.25, -0.2) is 13.2 Å². The van der Waals surface area contributed by atoms with Crippen LogP contribution >= 0.6 is 0 Å². The van der Waals surface area contributed by atoms with Crippen molar-refractivity contribution in [1.29, 1.82) is 0 Å². The molecule has 30 heavy (non-hydrogen) atoms. The molecule has 0 bridgehead atoms. The van der Waals surface area contributed by atoms with E-state index in [0.29, 0.717) is 0 Å². The molecule has 1 amide bonds. The van der Waals surface area contributed by atoms with Crippen LogP contribution in [0.2, 0.25) is 0 Å². The number of carbonyl (C=O) groups is 1. The van der Waals surface area contributed by atoms with Crippen molar-refractivity contribution in [2.75, 3.05) is 31.1 Å². The van der Waals surface area contributed by atoms with Crippen molar-refractivity contribution >= 4 is 22.6 Å². The van der Waals surface area contributed by atoms with Gasteiger partial charge in [0.05, 0.1) is 24.4 Å². The maximum absolute atomic E-state index is 14.9. The smallest absolute Gasteiger partial charge is 0.416 e. The number of amides is 1. The number of ether oxygens (including phenoxy) is 1. The topological polar surface area (TPSA) is 54.7 Å². The van der Waals surface area contributed by atoms with Crippen LogP contribution in [-0.4, -0.2) is 50.3 Å². The maximum atomic E-state index is 14.9. The van der Waals surface area contributed by atoms with Crippen molar-refractivity contribution < 1.29 is 40.3 Å². The third-order valence-electron chi connectivity index (χ3n) is 5.27. The van der Waals surface area contributed by atoms with E-state index < -0.39 is 48.8 Å². The fourth-order valence-electron chi connectivity index (χ4n) is 3.79. The lowest BCUT2D eigenvalue weighted by Gasteiger charge is -2.35. The van der Waals surface area contributed by atoms with E-state index >= 15 is 0 Å². The van der Waals surface area contributed by atoms with Crippen molar-refractivity contribution in [3.8, 4) is 0 Å². The van der Waals surface area contributed by atoms with Gasteiger partial charge in [0, 0.05) is 31.3 Å². The minimum absolute atomic E-state index is 0.0170. The van der Waals surface area contributed by atoms with Gasteiger partial charge >= 0.3 is 6.18 Å². The Labute approximate surface area is 166 Å². The molecule has 0 aliphatic carbocycles. The Kier molecular flexibility index (Phi) is 5.11. The molecule has 4 rings (SSSR count). The lowest BCUT2D eigenvalue weighted by atomic mass is 10.0. The SMILES string of the molecule is O=C1NCCN(CC(F)(F)C2CC(F)CCO2)c2c1oc1ccc(C(F)(F)F)cc21. The van der Waals surface area contributed by atoms with Crippen LogP contribution in [-0.2, 0) is 10.9 Å². The van der Waals surface area contributed by atoms with Crippen LogP contribution < -0.4 is 10.2 Å². The number of hydrogen-bond acceptors (Lipinski definition) is 4. The van der Waals surface area contributed by atoms with Gasteiger partial charge in [0.2, 0.25) is 5.76 Å². The van der Waals surface area contributed by atoms with E-state index in [1.54, 1.807) is 0 Å². The molecule has 1 fully saturated rings. The van der Waals surface area contributed by atoms with Crippen molar-refractivity contribution in [1.82, 2.24) is 5.32 Å². The molecular formula is C19H18F6N2O3. The number of fused-ring (bicyclic) bond motifs is 3. The molecule has 164 valence electrons. The van der Waals surface area contributed by atoms with Crippen molar-refractivity contribution in [2.45, 2.75) is 37.2 Å². The van der Waals surface area contributed by atoms with Gasteiger partial charge < -0.3 is 19.4 Å². The molecule has 2 aliphatic heterocycles. The number of carbonyl (C=O) groups excluding carboxylic acids is 1.